The van der Waals surface area contributed by atoms with E-state index in [0.717, 1.165) is 6.07 Å². The number of thiophene rings is 1. The number of carboxylic acid groups (broad SMARTS) is 1. The van der Waals surface area contributed by atoms with Crippen LogP contribution in [0, 0.1) is 10.1 Å². The average molecular weight is 358 g/mol. The van der Waals surface area contributed by atoms with Gasteiger partial charge in [-0.3, -0.25) is 19.7 Å². The lowest BCUT2D eigenvalue weighted by Crippen LogP contribution is -2.38. The Labute approximate surface area is 126 Å². The van der Waals surface area contributed by atoms with Crippen molar-refractivity contribution >= 4 is 50.5 Å². The number of carbonyl (C=O) groups is 2. The molecule has 0 bridgehead atoms. The van der Waals surface area contributed by atoms with Crippen molar-refractivity contribution < 1.29 is 28.0 Å². The number of halogens is 1. The normalized spacial score (nSPS) is 11.1. The van der Waals surface area contributed by atoms with Crippen LogP contribution in [0.5, 0.6) is 0 Å². The van der Waals surface area contributed by atoms with E-state index in [9.17, 15) is 28.1 Å². The van der Waals surface area contributed by atoms with Crippen molar-refractivity contribution in [2.45, 2.75) is 4.21 Å². The van der Waals surface area contributed by atoms with Crippen molar-refractivity contribution in [1.82, 2.24) is 10.0 Å². The standard InChI is InChI=1S/C8H8ClN3O7S2/c9-8-4(12(16)17)1-7(20-8)21(18,19)11-2-5(13)10-3-6(14)15/h1,11H,2-3H2,(H,10,13)(H,14,15). The number of aliphatic carboxylic acids is 1. The molecule has 0 saturated heterocycles. The van der Waals surface area contributed by atoms with Gasteiger partial charge in [0.25, 0.3) is 15.7 Å². The van der Waals surface area contributed by atoms with Crippen molar-refractivity contribution in [2.24, 2.45) is 0 Å². The van der Waals surface area contributed by atoms with Crippen LogP contribution in [-0.2, 0) is 19.6 Å². The average Bonchev–Trinajstić information content (AvgIpc) is 2.77. The quantitative estimate of drug-likeness (QED) is 0.450. The summed E-state index contributed by atoms with van der Waals surface area (Å²) < 4.78 is 24.7. The highest BCUT2D eigenvalue weighted by Crippen LogP contribution is 2.35. The van der Waals surface area contributed by atoms with E-state index in [1.54, 1.807) is 0 Å². The van der Waals surface area contributed by atoms with Crippen LogP contribution in [0.2, 0.25) is 4.34 Å². The molecule has 1 heterocycles. The molecule has 13 heteroatoms. The van der Waals surface area contributed by atoms with Crippen LogP contribution in [0.3, 0.4) is 0 Å². The number of carboxylic acids is 1. The van der Waals surface area contributed by atoms with E-state index in [4.69, 9.17) is 16.7 Å². The van der Waals surface area contributed by atoms with Gasteiger partial charge in [0.1, 0.15) is 10.8 Å². The molecule has 0 unspecified atom stereocenters. The van der Waals surface area contributed by atoms with Gasteiger partial charge in [0.2, 0.25) is 5.91 Å². The van der Waals surface area contributed by atoms with Crippen LogP contribution >= 0.6 is 22.9 Å². The molecule has 3 N–H and O–H groups in total. The highest BCUT2D eigenvalue weighted by molar-refractivity contribution is 7.91. The number of amides is 1. The van der Waals surface area contributed by atoms with Crippen LogP contribution in [0.4, 0.5) is 5.69 Å². The molecule has 1 aromatic rings. The Hall–Kier alpha value is -1.76. The van der Waals surface area contributed by atoms with Crippen molar-refractivity contribution in [3.63, 3.8) is 0 Å². The summed E-state index contributed by atoms with van der Waals surface area (Å²) in [5, 5.41) is 20.8. The first-order valence-electron chi connectivity index (χ1n) is 5.05. The summed E-state index contributed by atoms with van der Waals surface area (Å²) in [6.07, 6.45) is 0. The Bertz CT molecular complexity index is 684. The van der Waals surface area contributed by atoms with E-state index in [1.165, 1.54) is 0 Å². The molecule has 0 aromatic carbocycles. The molecule has 1 rings (SSSR count). The van der Waals surface area contributed by atoms with Crippen LogP contribution in [0.1, 0.15) is 0 Å². The van der Waals surface area contributed by atoms with Gasteiger partial charge in [0.05, 0.1) is 11.5 Å². The highest BCUT2D eigenvalue weighted by Gasteiger charge is 2.25. The van der Waals surface area contributed by atoms with Gasteiger partial charge in [0, 0.05) is 6.07 Å². The van der Waals surface area contributed by atoms with Crippen molar-refractivity contribution in [1.29, 1.82) is 0 Å². The minimum atomic E-state index is -4.16. The third kappa shape index (κ3) is 4.93. The van der Waals surface area contributed by atoms with E-state index in [-0.39, 0.29) is 4.34 Å². The summed E-state index contributed by atoms with van der Waals surface area (Å²) in [4.78, 5) is 31.1. The van der Waals surface area contributed by atoms with Crippen LogP contribution in [0.25, 0.3) is 0 Å². The van der Waals surface area contributed by atoms with Gasteiger partial charge < -0.3 is 10.4 Å². The minimum absolute atomic E-state index is 0.310. The fourth-order valence-corrected chi connectivity index (χ4v) is 3.75. The fraction of sp³-hybridized carbons (Fsp3) is 0.250. The van der Waals surface area contributed by atoms with E-state index in [2.05, 4.69) is 0 Å². The molecule has 10 nitrogen and oxygen atoms in total. The van der Waals surface area contributed by atoms with Gasteiger partial charge in [-0.15, -0.1) is 11.3 Å². The van der Waals surface area contributed by atoms with E-state index in [0.29, 0.717) is 11.3 Å². The number of hydrogen-bond acceptors (Lipinski definition) is 7. The SMILES string of the molecule is O=C(O)CNC(=O)CNS(=O)(=O)c1cc([N+](=O)[O-])c(Cl)s1. The molecular formula is C8H8ClN3O7S2. The Balaban J connectivity index is 2.74. The topological polar surface area (TPSA) is 156 Å². The van der Waals surface area contributed by atoms with Crippen molar-refractivity contribution in [3.8, 4) is 0 Å². The summed E-state index contributed by atoms with van der Waals surface area (Å²) in [7, 11) is -4.16. The Morgan fingerprint density at radius 2 is 2.05 bits per heavy atom. The third-order valence-electron chi connectivity index (χ3n) is 1.97. The molecule has 0 aliphatic rings. The number of nitrogens with zero attached hydrogens (tertiary/aromatic N) is 1. The number of carbonyl (C=O) groups excluding carboxylic acids is 1. The van der Waals surface area contributed by atoms with Gasteiger partial charge in [-0.05, 0) is 0 Å². The Kier molecular flexibility index (Phi) is 5.60. The zero-order valence-electron chi connectivity index (χ0n) is 10.0. The number of nitrogens with one attached hydrogen (secondary N) is 2. The maximum absolute atomic E-state index is 11.8. The van der Waals surface area contributed by atoms with Crippen LogP contribution in [-0.4, -0.2) is 43.4 Å². The zero-order chi connectivity index (χ0) is 16.2. The van der Waals surface area contributed by atoms with Gasteiger partial charge >= 0.3 is 5.97 Å². The van der Waals surface area contributed by atoms with E-state index in [1.807, 2.05) is 10.0 Å². The van der Waals surface area contributed by atoms with E-state index >= 15 is 0 Å². The molecule has 1 aromatic heterocycles. The second kappa shape index (κ2) is 6.80. The number of hydrogen-bond donors (Lipinski definition) is 3. The first-order valence-corrected chi connectivity index (χ1v) is 7.73. The third-order valence-corrected chi connectivity index (χ3v) is 5.18. The molecule has 116 valence electrons. The smallest absolute Gasteiger partial charge is 0.322 e. The summed E-state index contributed by atoms with van der Waals surface area (Å²) >= 11 is 6.00. The molecule has 0 aliphatic carbocycles. The van der Waals surface area contributed by atoms with E-state index < -0.39 is 49.8 Å². The Morgan fingerprint density at radius 3 is 2.52 bits per heavy atom. The summed E-state index contributed by atoms with van der Waals surface area (Å²) in [5.41, 5.74) is -0.558. The lowest BCUT2D eigenvalue weighted by Gasteiger charge is -2.04. The zero-order valence-corrected chi connectivity index (χ0v) is 12.4. The summed E-state index contributed by atoms with van der Waals surface area (Å²) in [5.74, 6) is -2.15. The minimum Gasteiger partial charge on any atom is -0.480 e. The largest absolute Gasteiger partial charge is 0.480 e. The second-order valence-corrected chi connectivity index (χ2v) is 7.12. The van der Waals surface area contributed by atoms with Crippen molar-refractivity contribution in [3.05, 3.63) is 20.5 Å². The fourth-order valence-electron chi connectivity index (χ4n) is 1.06. The molecule has 1 amide bonds. The molecule has 0 spiro atoms. The maximum atomic E-state index is 11.8. The molecule has 21 heavy (non-hydrogen) atoms. The Morgan fingerprint density at radius 1 is 1.43 bits per heavy atom. The lowest BCUT2D eigenvalue weighted by molar-refractivity contribution is -0.384. The summed E-state index contributed by atoms with van der Waals surface area (Å²) in [6, 6.07) is 0.768. The highest BCUT2D eigenvalue weighted by atomic mass is 35.5. The van der Waals surface area contributed by atoms with Crippen LogP contribution < -0.4 is 10.0 Å². The monoisotopic (exact) mass is 357 g/mol. The van der Waals surface area contributed by atoms with Crippen molar-refractivity contribution in [2.75, 3.05) is 13.1 Å². The molecule has 0 saturated carbocycles. The molecule has 0 aliphatic heterocycles. The number of rotatable bonds is 7. The molecule has 0 fully saturated rings. The number of nitro groups is 1. The summed E-state index contributed by atoms with van der Waals surface area (Å²) in [6.45, 7) is -1.37. The second-order valence-electron chi connectivity index (χ2n) is 3.48. The number of sulfonamides is 1. The van der Waals surface area contributed by atoms with Gasteiger partial charge in [-0.2, -0.15) is 0 Å². The van der Waals surface area contributed by atoms with Gasteiger partial charge in [-0.25, -0.2) is 13.1 Å². The molecule has 0 atom stereocenters. The molecular weight excluding hydrogens is 350 g/mol. The first kappa shape index (κ1) is 17.3. The molecule has 0 radical (unpaired) electrons. The van der Waals surface area contributed by atoms with Gasteiger partial charge in [0.15, 0.2) is 4.34 Å². The lowest BCUT2D eigenvalue weighted by atomic mass is 10.5. The predicted octanol–water partition coefficient (Wildman–Crippen LogP) is -0.211. The van der Waals surface area contributed by atoms with Gasteiger partial charge in [-0.1, -0.05) is 11.6 Å². The van der Waals surface area contributed by atoms with Crippen LogP contribution in [0.15, 0.2) is 10.3 Å². The first-order chi connectivity index (χ1) is 9.63. The predicted molar refractivity (Wildman–Crippen MR) is 71.8 cm³/mol. The maximum Gasteiger partial charge on any atom is 0.322 e.